The molecule has 1 fully saturated rings. The summed E-state index contributed by atoms with van der Waals surface area (Å²) in [5.74, 6) is 0.702. The summed E-state index contributed by atoms with van der Waals surface area (Å²) in [6, 6.07) is 1.03. The average molecular weight is 543 g/mol. The zero-order valence-corrected chi connectivity index (χ0v) is 19.6. The molecule has 2 heterocycles. The van der Waals surface area contributed by atoms with E-state index < -0.39 is 11.9 Å². The van der Waals surface area contributed by atoms with E-state index in [2.05, 4.69) is 30.9 Å². The number of aliphatic imine (C=N–C) groups is 1. The van der Waals surface area contributed by atoms with Crippen LogP contribution in [0.1, 0.15) is 32.4 Å². The van der Waals surface area contributed by atoms with Gasteiger partial charge in [0.2, 0.25) is 11.9 Å². The number of aromatic nitrogens is 2. The lowest BCUT2D eigenvalue weighted by molar-refractivity contribution is -0.141. The summed E-state index contributed by atoms with van der Waals surface area (Å²) < 4.78 is 38.0. The van der Waals surface area contributed by atoms with E-state index in [0.29, 0.717) is 32.1 Å². The van der Waals surface area contributed by atoms with Crippen molar-refractivity contribution >= 4 is 41.8 Å². The molecule has 3 N–H and O–H groups in total. The molecule has 1 aliphatic rings. The van der Waals surface area contributed by atoms with Crippen molar-refractivity contribution in [3.63, 3.8) is 0 Å². The lowest BCUT2D eigenvalue weighted by Gasteiger charge is -2.34. The fourth-order valence-electron chi connectivity index (χ4n) is 2.95. The zero-order valence-electron chi connectivity index (χ0n) is 17.3. The van der Waals surface area contributed by atoms with Crippen molar-refractivity contribution in [2.75, 3.05) is 38.5 Å². The van der Waals surface area contributed by atoms with Gasteiger partial charge in [0, 0.05) is 51.4 Å². The fraction of sp³-hybridized carbons (Fsp3) is 0.667. The minimum absolute atomic E-state index is 0. The van der Waals surface area contributed by atoms with Gasteiger partial charge in [-0.1, -0.05) is 13.8 Å². The second kappa shape index (κ2) is 12.1. The van der Waals surface area contributed by atoms with Gasteiger partial charge in [0.1, 0.15) is 5.69 Å². The van der Waals surface area contributed by atoms with E-state index in [4.69, 9.17) is 0 Å². The van der Waals surface area contributed by atoms with Crippen molar-refractivity contribution in [2.24, 2.45) is 10.9 Å². The van der Waals surface area contributed by atoms with Gasteiger partial charge in [0.05, 0.1) is 0 Å². The van der Waals surface area contributed by atoms with Crippen molar-refractivity contribution in [1.29, 1.82) is 0 Å². The van der Waals surface area contributed by atoms with Crippen molar-refractivity contribution in [2.45, 2.75) is 38.9 Å². The number of piperidine rings is 1. The Morgan fingerprint density at radius 1 is 1.30 bits per heavy atom. The van der Waals surface area contributed by atoms with E-state index in [1.165, 1.54) is 0 Å². The molecule has 30 heavy (non-hydrogen) atoms. The van der Waals surface area contributed by atoms with Crippen molar-refractivity contribution < 1.29 is 18.0 Å². The smallest absolute Gasteiger partial charge is 0.355 e. The minimum Gasteiger partial charge on any atom is -0.355 e. The Labute approximate surface area is 191 Å². The van der Waals surface area contributed by atoms with E-state index in [9.17, 15) is 18.0 Å². The average Bonchev–Trinajstić information content (AvgIpc) is 2.69. The largest absolute Gasteiger partial charge is 0.433 e. The summed E-state index contributed by atoms with van der Waals surface area (Å²) in [5.41, 5.74) is -0.984. The SMILES string of the molecule is CN=C(NCCNc1nccc(C(F)(F)F)n1)NC1CCN(C(=O)C(C)C)CC1.I. The maximum absolute atomic E-state index is 12.7. The molecule has 0 bridgehead atoms. The molecule has 8 nitrogen and oxygen atoms in total. The summed E-state index contributed by atoms with van der Waals surface area (Å²) >= 11 is 0. The topological polar surface area (TPSA) is 94.5 Å². The number of anilines is 1. The molecule has 0 saturated carbocycles. The molecule has 1 aromatic heterocycles. The van der Waals surface area contributed by atoms with Gasteiger partial charge in [-0.2, -0.15) is 13.2 Å². The van der Waals surface area contributed by atoms with Crippen molar-refractivity contribution in [3.05, 3.63) is 18.0 Å². The standard InChI is InChI=1S/C18H28F3N7O.HI/c1-12(2)15(29)28-10-5-13(6-11-28)26-16(22-3)24-8-9-25-17-23-7-4-14(27-17)18(19,20)21;/h4,7,12-13H,5-6,8-11H2,1-3H3,(H2,22,24,26)(H,23,25,27);1H. The third-order valence-corrected chi connectivity index (χ3v) is 4.51. The number of halogens is 4. The summed E-state index contributed by atoms with van der Waals surface area (Å²) in [4.78, 5) is 25.3. The predicted octanol–water partition coefficient (Wildman–Crippen LogP) is 2.34. The quantitative estimate of drug-likeness (QED) is 0.221. The Hall–Kier alpha value is -1.86. The van der Waals surface area contributed by atoms with Crippen LogP contribution in [0.3, 0.4) is 0 Å². The van der Waals surface area contributed by atoms with Gasteiger partial charge in [0.15, 0.2) is 5.96 Å². The molecule has 1 amide bonds. The Bertz CT molecular complexity index is 707. The molecular formula is C18H29F3IN7O. The molecule has 0 atom stereocenters. The summed E-state index contributed by atoms with van der Waals surface area (Å²) in [5, 5.41) is 9.17. The van der Waals surface area contributed by atoms with Crippen molar-refractivity contribution in [1.82, 2.24) is 25.5 Å². The monoisotopic (exact) mass is 543 g/mol. The highest BCUT2D eigenvalue weighted by molar-refractivity contribution is 14.0. The number of guanidine groups is 1. The van der Waals surface area contributed by atoms with Crippen molar-refractivity contribution in [3.8, 4) is 0 Å². The van der Waals surface area contributed by atoms with Gasteiger partial charge in [0.25, 0.3) is 0 Å². The van der Waals surface area contributed by atoms with Crippen LogP contribution in [0, 0.1) is 5.92 Å². The van der Waals surface area contributed by atoms with Crippen LogP contribution in [0.4, 0.5) is 19.1 Å². The van der Waals surface area contributed by atoms with Gasteiger partial charge >= 0.3 is 6.18 Å². The number of likely N-dealkylation sites (tertiary alicyclic amines) is 1. The van der Waals surface area contributed by atoms with Gasteiger partial charge in [-0.15, -0.1) is 24.0 Å². The number of nitrogens with zero attached hydrogens (tertiary/aromatic N) is 4. The van der Waals surface area contributed by atoms with Crippen LogP contribution >= 0.6 is 24.0 Å². The molecule has 170 valence electrons. The van der Waals surface area contributed by atoms with Crippen LogP contribution < -0.4 is 16.0 Å². The molecule has 2 rings (SSSR count). The maximum Gasteiger partial charge on any atom is 0.433 e. The van der Waals surface area contributed by atoms with E-state index in [1.54, 1.807) is 7.05 Å². The van der Waals surface area contributed by atoms with Crippen LogP contribution in [-0.2, 0) is 11.0 Å². The number of hydrogen-bond donors (Lipinski definition) is 3. The summed E-state index contributed by atoms with van der Waals surface area (Å²) in [6.07, 6.45) is -1.77. The first-order valence-corrected chi connectivity index (χ1v) is 9.60. The highest BCUT2D eigenvalue weighted by Gasteiger charge is 2.32. The first-order valence-electron chi connectivity index (χ1n) is 9.60. The number of rotatable bonds is 6. The molecule has 0 aliphatic carbocycles. The molecule has 0 unspecified atom stereocenters. The Morgan fingerprint density at radius 3 is 2.53 bits per heavy atom. The van der Waals surface area contributed by atoms with Crippen LogP contribution in [-0.4, -0.2) is 66.0 Å². The normalized spacial score (nSPS) is 15.6. The second-order valence-electron chi connectivity index (χ2n) is 7.09. The van der Waals surface area contributed by atoms with Gasteiger partial charge in [-0.25, -0.2) is 9.97 Å². The van der Waals surface area contributed by atoms with Crippen LogP contribution in [0.25, 0.3) is 0 Å². The van der Waals surface area contributed by atoms with E-state index >= 15 is 0 Å². The molecule has 1 saturated heterocycles. The second-order valence-corrected chi connectivity index (χ2v) is 7.09. The van der Waals surface area contributed by atoms with E-state index in [0.717, 1.165) is 25.1 Å². The summed E-state index contributed by atoms with van der Waals surface area (Å²) in [6.45, 7) is 5.96. The Balaban J connectivity index is 0.00000450. The van der Waals surface area contributed by atoms with Gasteiger partial charge in [-0.3, -0.25) is 9.79 Å². The zero-order chi connectivity index (χ0) is 21.4. The molecule has 1 aliphatic heterocycles. The number of hydrogen-bond acceptors (Lipinski definition) is 5. The van der Waals surface area contributed by atoms with E-state index in [-0.39, 0.29) is 47.8 Å². The predicted molar refractivity (Wildman–Crippen MR) is 120 cm³/mol. The number of amides is 1. The van der Waals surface area contributed by atoms with Gasteiger partial charge in [-0.05, 0) is 18.9 Å². The Morgan fingerprint density at radius 2 is 1.97 bits per heavy atom. The molecule has 0 radical (unpaired) electrons. The lowest BCUT2D eigenvalue weighted by Crippen LogP contribution is -2.50. The first kappa shape index (κ1) is 26.2. The molecule has 0 aromatic carbocycles. The van der Waals surface area contributed by atoms with Crippen LogP contribution in [0.2, 0.25) is 0 Å². The van der Waals surface area contributed by atoms with Crippen LogP contribution in [0.15, 0.2) is 17.3 Å². The van der Waals surface area contributed by atoms with Gasteiger partial charge < -0.3 is 20.9 Å². The number of carbonyl (C=O) groups is 1. The third kappa shape index (κ3) is 8.11. The number of alkyl halides is 3. The number of nitrogens with one attached hydrogen (secondary N) is 3. The maximum atomic E-state index is 12.7. The van der Waals surface area contributed by atoms with Crippen LogP contribution in [0.5, 0.6) is 0 Å². The highest BCUT2D eigenvalue weighted by Crippen LogP contribution is 2.27. The first-order chi connectivity index (χ1) is 13.7. The Kier molecular flexibility index (Phi) is 10.6. The molecular weight excluding hydrogens is 514 g/mol. The lowest BCUT2D eigenvalue weighted by atomic mass is 10.0. The number of carbonyl (C=O) groups excluding carboxylic acids is 1. The molecule has 12 heteroatoms. The van der Waals surface area contributed by atoms with E-state index in [1.807, 2.05) is 18.7 Å². The molecule has 1 aromatic rings. The molecule has 0 spiro atoms. The highest BCUT2D eigenvalue weighted by atomic mass is 127. The fourth-order valence-corrected chi connectivity index (χ4v) is 2.95. The summed E-state index contributed by atoms with van der Waals surface area (Å²) in [7, 11) is 1.65. The minimum atomic E-state index is -4.50. The third-order valence-electron chi connectivity index (χ3n) is 4.51.